The Bertz CT molecular complexity index is 706. The van der Waals surface area contributed by atoms with Gasteiger partial charge in [-0.2, -0.15) is 0 Å². The number of carbonyl (C=O) groups is 2. The smallest absolute Gasteiger partial charge is 0.234 e. The van der Waals surface area contributed by atoms with E-state index in [-0.39, 0.29) is 17.7 Å². The summed E-state index contributed by atoms with van der Waals surface area (Å²) in [5, 5.41) is 8.16. The third-order valence-electron chi connectivity index (χ3n) is 6.74. The molecule has 0 aromatic heterocycles. The summed E-state index contributed by atoms with van der Waals surface area (Å²) in [5.41, 5.74) is 2.22. The van der Waals surface area contributed by atoms with Gasteiger partial charge in [0.05, 0.1) is 5.92 Å². The third kappa shape index (κ3) is 5.15. The number of benzene rings is 1. The summed E-state index contributed by atoms with van der Waals surface area (Å²) in [5.74, 6) is 6.06. The van der Waals surface area contributed by atoms with Crippen LogP contribution in [0, 0.1) is 5.92 Å². The molecule has 4 rings (SSSR count). The van der Waals surface area contributed by atoms with Gasteiger partial charge in [-0.15, -0.1) is 0 Å². The lowest BCUT2D eigenvalue weighted by atomic mass is 9.90. The van der Waals surface area contributed by atoms with Crippen LogP contribution >= 0.6 is 0 Å². The number of imide groups is 1. The summed E-state index contributed by atoms with van der Waals surface area (Å²) < 4.78 is 0. The summed E-state index contributed by atoms with van der Waals surface area (Å²) in [6, 6.07) is 8.93. The van der Waals surface area contributed by atoms with Crippen molar-refractivity contribution in [1.29, 1.82) is 0 Å². The van der Waals surface area contributed by atoms with E-state index in [1.54, 1.807) is 0 Å². The zero-order valence-electron chi connectivity index (χ0n) is 17.1. The number of piperidine rings is 3. The van der Waals surface area contributed by atoms with Crippen LogP contribution in [0.3, 0.4) is 0 Å². The first-order valence-electron chi connectivity index (χ1n) is 11.0. The van der Waals surface area contributed by atoms with Crippen molar-refractivity contribution in [1.82, 2.24) is 15.6 Å². The first-order valence-corrected chi connectivity index (χ1v) is 11.0. The number of hydrogen-bond donors (Lipinski definition) is 3. The average Bonchev–Trinajstić information content (AvgIpc) is 2.74. The fourth-order valence-corrected chi connectivity index (χ4v) is 4.76. The fraction of sp³-hybridized carbons (Fsp3) is 0.636. The van der Waals surface area contributed by atoms with Crippen molar-refractivity contribution in [2.75, 3.05) is 37.6 Å². The van der Waals surface area contributed by atoms with Gasteiger partial charge in [0, 0.05) is 44.3 Å². The molecule has 1 atom stereocenters. The molecule has 3 fully saturated rings. The van der Waals surface area contributed by atoms with Gasteiger partial charge in [0.25, 0.3) is 0 Å². The molecule has 158 valence electrons. The molecule has 0 saturated carbocycles. The zero-order chi connectivity index (χ0) is 20.2. The van der Waals surface area contributed by atoms with Crippen molar-refractivity contribution in [2.24, 2.45) is 11.8 Å². The van der Waals surface area contributed by atoms with Gasteiger partial charge in [-0.25, -0.2) is 5.01 Å². The number of anilines is 1. The zero-order valence-corrected chi connectivity index (χ0v) is 17.1. The van der Waals surface area contributed by atoms with Gasteiger partial charge < -0.3 is 10.2 Å². The molecule has 1 aromatic carbocycles. The van der Waals surface area contributed by atoms with Crippen LogP contribution in [0.2, 0.25) is 0 Å². The van der Waals surface area contributed by atoms with Gasteiger partial charge in [0.15, 0.2) is 0 Å². The summed E-state index contributed by atoms with van der Waals surface area (Å²) in [7, 11) is 0. The SMILES string of the molecule is NN1CCC(CNC2CCN(c3ccc(C4CCC(=O)NC4=O)cc3)CC2)CC1. The molecule has 1 unspecified atom stereocenters. The Morgan fingerprint density at radius 3 is 2.31 bits per heavy atom. The Morgan fingerprint density at radius 1 is 0.966 bits per heavy atom. The average molecular weight is 400 g/mol. The molecule has 0 aliphatic carbocycles. The maximum Gasteiger partial charge on any atom is 0.234 e. The van der Waals surface area contributed by atoms with E-state index in [0.29, 0.717) is 18.9 Å². The van der Waals surface area contributed by atoms with E-state index in [2.05, 4.69) is 27.7 Å². The quantitative estimate of drug-likeness (QED) is 0.512. The van der Waals surface area contributed by atoms with Crippen molar-refractivity contribution in [2.45, 2.75) is 50.5 Å². The topological polar surface area (TPSA) is 90.7 Å². The first kappa shape index (κ1) is 20.3. The van der Waals surface area contributed by atoms with Crippen LogP contribution in [0.5, 0.6) is 0 Å². The van der Waals surface area contributed by atoms with E-state index >= 15 is 0 Å². The van der Waals surface area contributed by atoms with Crippen LogP contribution in [-0.2, 0) is 9.59 Å². The minimum Gasteiger partial charge on any atom is -0.371 e. The molecular formula is C22H33N5O2. The predicted molar refractivity (Wildman–Crippen MR) is 113 cm³/mol. The van der Waals surface area contributed by atoms with Gasteiger partial charge in [-0.1, -0.05) is 12.1 Å². The van der Waals surface area contributed by atoms with Crippen molar-refractivity contribution < 1.29 is 9.59 Å². The lowest BCUT2D eigenvalue weighted by Crippen LogP contribution is -2.46. The number of carbonyl (C=O) groups excluding carboxylic acids is 2. The number of amides is 2. The van der Waals surface area contributed by atoms with E-state index < -0.39 is 0 Å². The monoisotopic (exact) mass is 399 g/mol. The van der Waals surface area contributed by atoms with Gasteiger partial charge in [-0.05, 0) is 62.3 Å². The Labute approximate surface area is 173 Å². The largest absolute Gasteiger partial charge is 0.371 e. The molecule has 1 aromatic rings. The third-order valence-corrected chi connectivity index (χ3v) is 6.74. The Kier molecular flexibility index (Phi) is 6.47. The highest BCUT2D eigenvalue weighted by Gasteiger charge is 2.28. The minimum absolute atomic E-state index is 0.163. The molecule has 3 heterocycles. The van der Waals surface area contributed by atoms with Crippen LogP contribution in [0.1, 0.15) is 50.0 Å². The number of hydrogen-bond acceptors (Lipinski definition) is 6. The predicted octanol–water partition coefficient (Wildman–Crippen LogP) is 1.35. The van der Waals surface area contributed by atoms with Gasteiger partial charge in [0.2, 0.25) is 11.8 Å². The number of nitrogens with zero attached hydrogens (tertiary/aromatic N) is 2. The molecule has 0 spiro atoms. The van der Waals surface area contributed by atoms with E-state index in [9.17, 15) is 9.59 Å². The van der Waals surface area contributed by atoms with Gasteiger partial charge in [0.1, 0.15) is 0 Å². The molecule has 29 heavy (non-hydrogen) atoms. The Hall–Kier alpha value is -1.96. The lowest BCUT2D eigenvalue weighted by molar-refractivity contribution is -0.134. The second-order valence-electron chi connectivity index (χ2n) is 8.74. The summed E-state index contributed by atoms with van der Waals surface area (Å²) in [6.45, 7) is 5.24. The molecule has 0 radical (unpaired) electrons. The molecular weight excluding hydrogens is 366 g/mol. The number of nitrogens with one attached hydrogen (secondary N) is 2. The number of nitrogens with two attached hydrogens (primary N) is 1. The number of hydrazine groups is 1. The van der Waals surface area contributed by atoms with Crippen LogP contribution < -0.4 is 21.4 Å². The van der Waals surface area contributed by atoms with Gasteiger partial charge in [-0.3, -0.25) is 20.7 Å². The van der Waals surface area contributed by atoms with E-state index in [0.717, 1.165) is 57.0 Å². The highest BCUT2D eigenvalue weighted by Crippen LogP contribution is 2.28. The molecule has 7 heteroatoms. The summed E-state index contributed by atoms with van der Waals surface area (Å²) >= 11 is 0. The van der Waals surface area contributed by atoms with Crippen LogP contribution in [0.15, 0.2) is 24.3 Å². The van der Waals surface area contributed by atoms with Gasteiger partial charge >= 0.3 is 0 Å². The van der Waals surface area contributed by atoms with Crippen molar-refractivity contribution in [3.8, 4) is 0 Å². The molecule has 3 saturated heterocycles. The van der Waals surface area contributed by atoms with E-state index in [4.69, 9.17) is 5.84 Å². The molecule has 4 N–H and O–H groups in total. The highest BCUT2D eigenvalue weighted by atomic mass is 16.2. The van der Waals surface area contributed by atoms with E-state index in [1.165, 1.54) is 18.5 Å². The highest BCUT2D eigenvalue weighted by molar-refractivity contribution is 6.00. The summed E-state index contributed by atoms with van der Waals surface area (Å²) in [4.78, 5) is 25.8. The second kappa shape index (κ2) is 9.24. The van der Waals surface area contributed by atoms with Crippen molar-refractivity contribution >= 4 is 17.5 Å². The molecule has 3 aliphatic heterocycles. The Morgan fingerprint density at radius 2 is 1.66 bits per heavy atom. The lowest BCUT2D eigenvalue weighted by Gasteiger charge is -2.36. The Balaban J connectivity index is 1.23. The molecule has 3 aliphatic rings. The van der Waals surface area contributed by atoms with Crippen molar-refractivity contribution in [3.63, 3.8) is 0 Å². The standard InChI is InChI=1S/C22H33N5O2/c23-27-13-7-16(8-14-27)15-24-18-9-11-26(12-10-18)19-3-1-17(2-4-19)20-5-6-21(28)25-22(20)29/h1-4,16,18,20,24H,5-15,23H2,(H,25,28,29). The van der Waals surface area contributed by atoms with Crippen LogP contribution in [0.25, 0.3) is 0 Å². The first-order chi connectivity index (χ1) is 14.1. The number of rotatable bonds is 5. The normalized spacial score (nSPS) is 25.3. The second-order valence-corrected chi connectivity index (χ2v) is 8.74. The van der Waals surface area contributed by atoms with Crippen LogP contribution in [0.4, 0.5) is 5.69 Å². The maximum atomic E-state index is 12.1. The molecule has 0 bridgehead atoms. The van der Waals surface area contributed by atoms with Crippen molar-refractivity contribution in [3.05, 3.63) is 29.8 Å². The fourth-order valence-electron chi connectivity index (χ4n) is 4.76. The summed E-state index contributed by atoms with van der Waals surface area (Å²) in [6.07, 6.45) is 5.73. The minimum atomic E-state index is -0.206. The van der Waals surface area contributed by atoms with Crippen LogP contribution in [-0.4, -0.2) is 55.6 Å². The molecule has 7 nitrogen and oxygen atoms in total. The maximum absolute atomic E-state index is 12.1. The molecule has 2 amide bonds. The van der Waals surface area contributed by atoms with E-state index in [1.807, 2.05) is 17.1 Å².